The number of nitrogens with one attached hydrogen (secondary N) is 1. The fourth-order valence-electron chi connectivity index (χ4n) is 1.26. The van der Waals surface area contributed by atoms with Gasteiger partial charge in [-0.05, 0) is 17.0 Å². The Kier molecular flexibility index (Phi) is 4.16. The number of amides is 1. The molecule has 0 saturated heterocycles. The normalized spacial score (nSPS) is 10.1. The smallest absolute Gasteiger partial charge is 0.407 e. The summed E-state index contributed by atoms with van der Waals surface area (Å²) in [4.78, 5) is 10.9. The first kappa shape index (κ1) is 11.6. The van der Waals surface area contributed by atoms with E-state index in [2.05, 4.69) is 31.3 Å². The summed E-state index contributed by atoms with van der Waals surface area (Å²) in [5.74, 6) is 0.491. The molecule has 0 radical (unpaired) electrons. The fourth-order valence-corrected chi connectivity index (χ4v) is 1.26. The van der Waals surface area contributed by atoms with Gasteiger partial charge < -0.3 is 10.1 Å². The summed E-state index contributed by atoms with van der Waals surface area (Å²) in [5.41, 5.74) is 2.28. The maximum absolute atomic E-state index is 10.9. The first-order valence-electron chi connectivity index (χ1n) is 5.07. The predicted molar refractivity (Wildman–Crippen MR) is 59.8 cm³/mol. The van der Waals surface area contributed by atoms with Gasteiger partial charge in [0.25, 0.3) is 0 Å². The Bertz CT molecular complexity index is 334. The molecule has 1 rings (SSSR count). The van der Waals surface area contributed by atoms with Crippen molar-refractivity contribution in [3.8, 4) is 0 Å². The molecule has 0 aliphatic rings. The van der Waals surface area contributed by atoms with E-state index in [1.807, 2.05) is 12.1 Å². The van der Waals surface area contributed by atoms with Crippen LogP contribution >= 0.6 is 0 Å². The molecule has 0 aliphatic heterocycles. The highest BCUT2D eigenvalue weighted by molar-refractivity contribution is 5.66. The molecule has 1 aromatic rings. The van der Waals surface area contributed by atoms with Crippen LogP contribution in [0.3, 0.4) is 0 Å². The van der Waals surface area contributed by atoms with Crippen LogP contribution in [0.15, 0.2) is 24.3 Å². The zero-order chi connectivity index (χ0) is 11.3. The van der Waals surface area contributed by atoms with Gasteiger partial charge in [0.15, 0.2) is 0 Å². The van der Waals surface area contributed by atoms with Crippen molar-refractivity contribution in [1.82, 2.24) is 5.32 Å². The molecule has 1 aromatic carbocycles. The Morgan fingerprint density at radius 1 is 1.47 bits per heavy atom. The number of hydrogen-bond donors (Lipinski definition) is 1. The van der Waals surface area contributed by atoms with Crippen LogP contribution in [0, 0.1) is 0 Å². The zero-order valence-corrected chi connectivity index (χ0v) is 9.41. The van der Waals surface area contributed by atoms with Crippen molar-refractivity contribution in [2.24, 2.45) is 0 Å². The molecule has 0 atom stereocenters. The van der Waals surface area contributed by atoms with Crippen molar-refractivity contribution in [2.45, 2.75) is 26.4 Å². The number of rotatable bonds is 3. The third-order valence-electron chi connectivity index (χ3n) is 2.19. The van der Waals surface area contributed by atoms with Gasteiger partial charge >= 0.3 is 6.09 Å². The largest absolute Gasteiger partial charge is 0.445 e. The molecule has 82 valence electrons. The fraction of sp³-hybridized carbons (Fsp3) is 0.417. The summed E-state index contributed by atoms with van der Waals surface area (Å²) in [6.07, 6.45) is -0.398. The van der Waals surface area contributed by atoms with Crippen molar-refractivity contribution >= 4 is 6.09 Å². The van der Waals surface area contributed by atoms with Crippen molar-refractivity contribution in [1.29, 1.82) is 0 Å². The van der Waals surface area contributed by atoms with E-state index in [-0.39, 0.29) is 0 Å². The van der Waals surface area contributed by atoms with E-state index in [0.29, 0.717) is 12.5 Å². The van der Waals surface area contributed by atoms with Crippen LogP contribution < -0.4 is 5.32 Å². The van der Waals surface area contributed by atoms with Crippen molar-refractivity contribution in [3.63, 3.8) is 0 Å². The summed E-state index contributed by atoms with van der Waals surface area (Å²) in [5, 5.41) is 2.41. The lowest BCUT2D eigenvalue weighted by Gasteiger charge is -2.08. The molecule has 15 heavy (non-hydrogen) atoms. The van der Waals surface area contributed by atoms with Gasteiger partial charge in [-0.15, -0.1) is 0 Å². The summed E-state index contributed by atoms with van der Waals surface area (Å²) < 4.78 is 4.96. The number of carbonyl (C=O) groups is 1. The van der Waals surface area contributed by atoms with Gasteiger partial charge in [-0.3, -0.25) is 0 Å². The van der Waals surface area contributed by atoms with E-state index in [1.54, 1.807) is 7.05 Å². The van der Waals surface area contributed by atoms with Crippen LogP contribution in [0.25, 0.3) is 0 Å². The second-order valence-corrected chi connectivity index (χ2v) is 3.73. The van der Waals surface area contributed by atoms with E-state index in [4.69, 9.17) is 4.74 Å². The van der Waals surface area contributed by atoms with Gasteiger partial charge in [-0.25, -0.2) is 4.79 Å². The van der Waals surface area contributed by atoms with E-state index >= 15 is 0 Å². The van der Waals surface area contributed by atoms with E-state index < -0.39 is 6.09 Å². The molecule has 0 heterocycles. The first-order valence-corrected chi connectivity index (χ1v) is 5.07. The number of benzene rings is 1. The maximum atomic E-state index is 10.9. The Labute approximate surface area is 90.4 Å². The molecule has 1 amide bonds. The molecule has 3 heteroatoms. The summed E-state index contributed by atoms with van der Waals surface area (Å²) in [6.45, 7) is 4.59. The lowest BCUT2D eigenvalue weighted by atomic mass is 10.0. The minimum atomic E-state index is -0.398. The van der Waals surface area contributed by atoms with Gasteiger partial charge in [-0.2, -0.15) is 0 Å². The first-order chi connectivity index (χ1) is 7.13. The molecule has 0 bridgehead atoms. The highest BCUT2D eigenvalue weighted by Crippen LogP contribution is 2.15. The standard InChI is InChI=1S/C12H17NO2/c1-9(2)11-6-4-5-10(7-11)8-15-12(14)13-3/h4-7,9H,8H2,1-3H3,(H,13,14). The lowest BCUT2D eigenvalue weighted by molar-refractivity contribution is 0.142. The molecule has 1 N–H and O–H groups in total. The van der Waals surface area contributed by atoms with E-state index in [1.165, 1.54) is 5.56 Å². The van der Waals surface area contributed by atoms with Crippen LogP contribution in [0.2, 0.25) is 0 Å². The third-order valence-corrected chi connectivity index (χ3v) is 2.19. The predicted octanol–water partition coefficient (Wildman–Crippen LogP) is 2.67. The Balaban J connectivity index is 2.61. The lowest BCUT2D eigenvalue weighted by Crippen LogP contribution is -2.18. The number of alkyl carbamates (subject to hydrolysis) is 1. The highest BCUT2D eigenvalue weighted by Gasteiger charge is 2.02. The van der Waals surface area contributed by atoms with Crippen LogP contribution in [0.1, 0.15) is 30.9 Å². The number of carbonyl (C=O) groups excluding carboxylic acids is 1. The number of ether oxygens (including phenoxy) is 1. The van der Waals surface area contributed by atoms with Crippen LogP contribution in [-0.4, -0.2) is 13.1 Å². The molecule has 0 fully saturated rings. The van der Waals surface area contributed by atoms with Gasteiger partial charge in [0.2, 0.25) is 0 Å². The SMILES string of the molecule is CNC(=O)OCc1cccc(C(C)C)c1. The monoisotopic (exact) mass is 207 g/mol. The molecule has 0 spiro atoms. The van der Waals surface area contributed by atoms with E-state index in [9.17, 15) is 4.79 Å². The van der Waals surface area contributed by atoms with Crippen molar-refractivity contribution in [2.75, 3.05) is 7.05 Å². The van der Waals surface area contributed by atoms with E-state index in [0.717, 1.165) is 5.56 Å². The minimum Gasteiger partial charge on any atom is -0.445 e. The topological polar surface area (TPSA) is 38.3 Å². The third kappa shape index (κ3) is 3.62. The van der Waals surface area contributed by atoms with Crippen LogP contribution in [0.4, 0.5) is 4.79 Å². The summed E-state index contributed by atoms with van der Waals surface area (Å²) in [6, 6.07) is 8.08. The minimum absolute atomic E-state index is 0.320. The Hall–Kier alpha value is -1.51. The molecule has 0 aromatic heterocycles. The summed E-state index contributed by atoms with van der Waals surface area (Å²) >= 11 is 0. The van der Waals surface area contributed by atoms with Gasteiger partial charge in [0.05, 0.1) is 0 Å². The Morgan fingerprint density at radius 3 is 2.80 bits per heavy atom. The average molecular weight is 207 g/mol. The Morgan fingerprint density at radius 2 is 2.20 bits per heavy atom. The van der Waals surface area contributed by atoms with Gasteiger partial charge in [0.1, 0.15) is 6.61 Å². The molecular formula is C12H17NO2. The second kappa shape index (κ2) is 5.39. The second-order valence-electron chi connectivity index (χ2n) is 3.73. The van der Waals surface area contributed by atoms with Crippen molar-refractivity contribution in [3.05, 3.63) is 35.4 Å². The number of hydrogen-bond acceptors (Lipinski definition) is 2. The summed E-state index contributed by atoms with van der Waals surface area (Å²) in [7, 11) is 1.55. The molecule has 0 aliphatic carbocycles. The van der Waals surface area contributed by atoms with Gasteiger partial charge in [0, 0.05) is 7.05 Å². The van der Waals surface area contributed by atoms with Crippen molar-refractivity contribution < 1.29 is 9.53 Å². The quantitative estimate of drug-likeness (QED) is 0.827. The van der Waals surface area contributed by atoms with Gasteiger partial charge in [-0.1, -0.05) is 38.1 Å². The van der Waals surface area contributed by atoms with Crippen LogP contribution in [-0.2, 0) is 11.3 Å². The molecule has 0 unspecified atom stereocenters. The molecule has 0 saturated carbocycles. The maximum Gasteiger partial charge on any atom is 0.407 e. The molecule has 3 nitrogen and oxygen atoms in total. The highest BCUT2D eigenvalue weighted by atomic mass is 16.5. The zero-order valence-electron chi connectivity index (χ0n) is 9.41. The average Bonchev–Trinajstić information content (AvgIpc) is 2.26. The molecular weight excluding hydrogens is 190 g/mol. The van der Waals surface area contributed by atoms with Crippen LogP contribution in [0.5, 0.6) is 0 Å².